The standard InChI is InChI=1S/C19H18O/c20-15-9-10-18-16-7-3-1-5-13(16)11-14-6-2-4-8-17(14)19(18)12-15/h1-8,18-19H,9-12H2. The number of fused-ring (bicyclic) bond motifs is 5. The van der Waals surface area contributed by atoms with Gasteiger partial charge in [-0.25, -0.2) is 0 Å². The first-order chi connectivity index (χ1) is 9.83. The molecule has 0 aromatic heterocycles. The van der Waals surface area contributed by atoms with Crippen molar-refractivity contribution in [3.05, 3.63) is 70.8 Å². The number of benzene rings is 2. The van der Waals surface area contributed by atoms with E-state index in [0.717, 1.165) is 25.7 Å². The number of hydrogen-bond donors (Lipinski definition) is 0. The molecule has 4 rings (SSSR count). The Balaban J connectivity index is 1.92. The number of rotatable bonds is 0. The van der Waals surface area contributed by atoms with Crippen LogP contribution in [-0.4, -0.2) is 5.78 Å². The molecule has 100 valence electrons. The minimum absolute atomic E-state index is 0.385. The van der Waals surface area contributed by atoms with Crippen molar-refractivity contribution in [2.24, 2.45) is 0 Å². The van der Waals surface area contributed by atoms with Crippen LogP contribution in [0.25, 0.3) is 0 Å². The van der Waals surface area contributed by atoms with Crippen LogP contribution >= 0.6 is 0 Å². The fourth-order valence-corrected chi connectivity index (χ4v) is 4.03. The van der Waals surface area contributed by atoms with Gasteiger partial charge in [-0.1, -0.05) is 48.5 Å². The van der Waals surface area contributed by atoms with Gasteiger partial charge >= 0.3 is 0 Å². The van der Waals surface area contributed by atoms with Crippen LogP contribution in [0.4, 0.5) is 0 Å². The van der Waals surface area contributed by atoms with Gasteiger partial charge in [0.25, 0.3) is 0 Å². The van der Waals surface area contributed by atoms with E-state index in [0.29, 0.717) is 17.6 Å². The van der Waals surface area contributed by atoms with Gasteiger partial charge in [0.05, 0.1) is 0 Å². The number of ketones is 1. The second-order valence-corrected chi connectivity index (χ2v) is 6.07. The average molecular weight is 262 g/mol. The van der Waals surface area contributed by atoms with Gasteiger partial charge in [-0.15, -0.1) is 0 Å². The quantitative estimate of drug-likeness (QED) is 0.695. The van der Waals surface area contributed by atoms with Crippen molar-refractivity contribution in [3.8, 4) is 0 Å². The van der Waals surface area contributed by atoms with Crippen LogP contribution < -0.4 is 0 Å². The second kappa shape index (κ2) is 4.59. The van der Waals surface area contributed by atoms with E-state index in [-0.39, 0.29) is 0 Å². The third-order valence-electron chi connectivity index (χ3n) is 4.96. The predicted molar refractivity (Wildman–Crippen MR) is 80.0 cm³/mol. The van der Waals surface area contributed by atoms with E-state index in [9.17, 15) is 4.79 Å². The first kappa shape index (κ1) is 11.9. The van der Waals surface area contributed by atoms with E-state index in [1.165, 1.54) is 22.3 Å². The molecule has 2 aliphatic carbocycles. The molecule has 2 atom stereocenters. The SMILES string of the molecule is O=C1CCC2c3ccccc3Cc3ccccc3C2C1. The summed E-state index contributed by atoms with van der Waals surface area (Å²) in [5.74, 6) is 1.34. The predicted octanol–water partition coefficient (Wildman–Crippen LogP) is 4.21. The summed E-state index contributed by atoms with van der Waals surface area (Å²) in [6.07, 6.45) is 3.48. The zero-order chi connectivity index (χ0) is 13.5. The summed E-state index contributed by atoms with van der Waals surface area (Å²) >= 11 is 0. The summed E-state index contributed by atoms with van der Waals surface area (Å²) < 4.78 is 0. The van der Waals surface area contributed by atoms with E-state index in [4.69, 9.17) is 0 Å². The van der Waals surface area contributed by atoms with Gasteiger partial charge in [-0.2, -0.15) is 0 Å². The van der Waals surface area contributed by atoms with Crippen molar-refractivity contribution in [1.82, 2.24) is 0 Å². The number of hydrogen-bond acceptors (Lipinski definition) is 1. The summed E-state index contributed by atoms with van der Waals surface area (Å²) in [6.45, 7) is 0. The minimum Gasteiger partial charge on any atom is -0.300 e. The van der Waals surface area contributed by atoms with Crippen LogP contribution in [0.2, 0.25) is 0 Å². The lowest BCUT2D eigenvalue weighted by Crippen LogP contribution is -2.22. The normalized spacial score (nSPS) is 24.3. The van der Waals surface area contributed by atoms with Gasteiger partial charge in [0.2, 0.25) is 0 Å². The van der Waals surface area contributed by atoms with E-state index in [1.807, 2.05) is 0 Å². The molecule has 0 amide bonds. The topological polar surface area (TPSA) is 17.1 Å². The number of carbonyl (C=O) groups excluding carboxylic acids is 1. The maximum Gasteiger partial charge on any atom is 0.133 e. The van der Waals surface area contributed by atoms with Crippen LogP contribution in [0.15, 0.2) is 48.5 Å². The van der Waals surface area contributed by atoms with Crippen molar-refractivity contribution in [3.63, 3.8) is 0 Å². The molecule has 2 unspecified atom stereocenters. The Kier molecular flexibility index (Phi) is 2.73. The minimum atomic E-state index is 0.385. The summed E-state index contributed by atoms with van der Waals surface area (Å²) in [5.41, 5.74) is 5.73. The Bertz CT molecular complexity index is 671. The van der Waals surface area contributed by atoms with Gasteiger partial charge in [0, 0.05) is 12.8 Å². The Morgan fingerprint density at radius 2 is 1.40 bits per heavy atom. The lowest BCUT2D eigenvalue weighted by molar-refractivity contribution is -0.121. The molecule has 0 aliphatic heterocycles. The van der Waals surface area contributed by atoms with E-state index < -0.39 is 0 Å². The Morgan fingerprint density at radius 3 is 2.10 bits per heavy atom. The third kappa shape index (κ3) is 1.81. The zero-order valence-corrected chi connectivity index (χ0v) is 11.5. The van der Waals surface area contributed by atoms with Crippen LogP contribution in [0.5, 0.6) is 0 Å². The lowest BCUT2D eigenvalue weighted by Gasteiger charge is -2.31. The van der Waals surface area contributed by atoms with Crippen molar-refractivity contribution < 1.29 is 4.79 Å². The molecule has 0 N–H and O–H groups in total. The maximum absolute atomic E-state index is 12.0. The van der Waals surface area contributed by atoms with Crippen LogP contribution in [0, 0.1) is 0 Å². The molecule has 0 heterocycles. The molecule has 0 spiro atoms. The highest BCUT2D eigenvalue weighted by molar-refractivity contribution is 5.81. The number of Topliss-reactive ketones (excluding diaryl/α,β-unsaturated/α-hetero) is 1. The van der Waals surface area contributed by atoms with Crippen molar-refractivity contribution in [2.45, 2.75) is 37.5 Å². The van der Waals surface area contributed by atoms with Crippen LogP contribution in [0.1, 0.15) is 53.4 Å². The molecule has 20 heavy (non-hydrogen) atoms. The number of carbonyl (C=O) groups is 1. The molecular formula is C19H18O. The highest BCUT2D eigenvalue weighted by Gasteiger charge is 2.35. The Morgan fingerprint density at radius 1 is 0.800 bits per heavy atom. The van der Waals surface area contributed by atoms with Crippen LogP contribution in [0.3, 0.4) is 0 Å². The molecule has 1 saturated carbocycles. The maximum atomic E-state index is 12.0. The third-order valence-corrected chi connectivity index (χ3v) is 4.96. The molecule has 0 saturated heterocycles. The van der Waals surface area contributed by atoms with Crippen molar-refractivity contribution in [1.29, 1.82) is 0 Å². The van der Waals surface area contributed by atoms with E-state index in [2.05, 4.69) is 48.5 Å². The van der Waals surface area contributed by atoms with Gasteiger partial charge in [-0.05, 0) is 46.9 Å². The largest absolute Gasteiger partial charge is 0.300 e. The Hall–Kier alpha value is -1.89. The molecule has 1 nitrogen and oxygen atoms in total. The fraction of sp³-hybridized carbons (Fsp3) is 0.316. The van der Waals surface area contributed by atoms with Gasteiger partial charge < -0.3 is 0 Å². The molecule has 0 radical (unpaired) electrons. The van der Waals surface area contributed by atoms with Gasteiger partial charge in [0.1, 0.15) is 5.78 Å². The summed E-state index contributed by atoms with van der Waals surface area (Å²) in [4.78, 5) is 12.0. The van der Waals surface area contributed by atoms with E-state index >= 15 is 0 Å². The van der Waals surface area contributed by atoms with Gasteiger partial charge in [0.15, 0.2) is 0 Å². The highest BCUT2D eigenvalue weighted by atomic mass is 16.1. The molecule has 2 aliphatic rings. The van der Waals surface area contributed by atoms with E-state index in [1.54, 1.807) is 0 Å². The molecule has 1 fully saturated rings. The molecule has 0 bridgehead atoms. The van der Waals surface area contributed by atoms with Crippen molar-refractivity contribution in [2.75, 3.05) is 0 Å². The summed E-state index contributed by atoms with van der Waals surface area (Å²) in [7, 11) is 0. The fourth-order valence-electron chi connectivity index (χ4n) is 4.03. The smallest absolute Gasteiger partial charge is 0.133 e. The molecule has 1 heteroatoms. The second-order valence-electron chi connectivity index (χ2n) is 6.07. The molecule has 2 aromatic carbocycles. The molecular weight excluding hydrogens is 244 g/mol. The van der Waals surface area contributed by atoms with Gasteiger partial charge in [-0.3, -0.25) is 4.79 Å². The highest BCUT2D eigenvalue weighted by Crippen LogP contribution is 2.47. The Labute approximate surface area is 119 Å². The molecule has 2 aromatic rings. The monoisotopic (exact) mass is 262 g/mol. The first-order valence-electron chi connectivity index (χ1n) is 7.50. The lowest BCUT2D eigenvalue weighted by atomic mass is 9.72. The average Bonchev–Trinajstić information content (AvgIpc) is 2.61. The summed E-state index contributed by atoms with van der Waals surface area (Å²) in [6, 6.07) is 17.5. The zero-order valence-electron chi connectivity index (χ0n) is 11.5. The van der Waals surface area contributed by atoms with Crippen molar-refractivity contribution >= 4 is 5.78 Å². The first-order valence-corrected chi connectivity index (χ1v) is 7.50. The van der Waals surface area contributed by atoms with Crippen LogP contribution in [-0.2, 0) is 11.2 Å². The summed E-state index contributed by atoms with van der Waals surface area (Å²) in [5, 5.41) is 0.